The van der Waals surface area contributed by atoms with Crippen molar-refractivity contribution in [2.75, 3.05) is 34.5 Å². The van der Waals surface area contributed by atoms with Crippen LogP contribution >= 0.6 is 35.8 Å². The fourth-order valence-corrected chi connectivity index (χ4v) is 11.1. The van der Waals surface area contributed by atoms with Crippen LogP contribution in [0.15, 0.2) is 141 Å². The maximum absolute atomic E-state index is 12.9. The van der Waals surface area contributed by atoms with E-state index in [0.29, 0.717) is 29.2 Å². The van der Waals surface area contributed by atoms with Gasteiger partial charge in [0.2, 0.25) is 11.9 Å². The number of aliphatic carboxylic acids is 1. The highest BCUT2D eigenvalue weighted by atomic mass is 32.3. The molecule has 0 aliphatic rings. The summed E-state index contributed by atoms with van der Waals surface area (Å²) in [7, 11) is -19.2. The second-order valence-corrected chi connectivity index (χ2v) is 23.1. The van der Waals surface area contributed by atoms with E-state index in [4.69, 9.17) is 20.8 Å². The lowest BCUT2D eigenvalue weighted by atomic mass is 10.1. The SMILES string of the molecule is Nc1c(N=Nc2cc(Nc3nc(Nc4ccc(S(=O)(=O)CCOS(=O)(=O)O)cc4)nc(SCC(=O)O)n3)ccc2SOOO)c(S(=O)(=O)O)cc2cc(SOOO)c(N=Nc3ccc4ccccc4c3S(=O)(=O)O)c(O)c12. The molecule has 0 unspecified atom stereocenters. The smallest absolute Gasteiger partial charge is 0.397 e. The van der Waals surface area contributed by atoms with Crippen molar-refractivity contribution in [1.29, 1.82) is 0 Å². The van der Waals surface area contributed by atoms with Gasteiger partial charge in [0.15, 0.2) is 20.7 Å². The summed E-state index contributed by atoms with van der Waals surface area (Å²) in [6, 6.07) is 19.5. The second-order valence-electron chi connectivity index (χ2n) is 14.7. The molecule has 0 aliphatic heterocycles. The van der Waals surface area contributed by atoms with Gasteiger partial charge in [0, 0.05) is 16.8 Å². The topological polar surface area (TPSA) is 480 Å². The van der Waals surface area contributed by atoms with Crippen molar-refractivity contribution in [3.8, 4) is 5.75 Å². The van der Waals surface area contributed by atoms with Gasteiger partial charge in [0.1, 0.15) is 32.5 Å². The molecule has 7 aromatic rings. The number of phenols is 1. The largest absolute Gasteiger partial charge is 0.505 e. The molecule has 6 aromatic carbocycles. The molecule has 38 heteroatoms. The normalized spacial score (nSPS) is 12.5. The highest BCUT2D eigenvalue weighted by Crippen LogP contribution is 2.50. The Morgan fingerprint density at radius 1 is 0.675 bits per heavy atom. The predicted molar refractivity (Wildman–Crippen MR) is 270 cm³/mol. The Kier molecular flexibility index (Phi) is 18.2. The molecule has 0 aliphatic carbocycles. The van der Waals surface area contributed by atoms with E-state index in [1.54, 1.807) is 12.1 Å². The van der Waals surface area contributed by atoms with Crippen LogP contribution in [0.4, 0.5) is 51.7 Å². The maximum Gasteiger partial charge on any atom is 0.397 e. The first kappa shape index (κ1) is 57.9. The molecule has 0 fully saturated rings. The summed E-state index contributed by atoms with van der Waals surface area (Å²) < 4.78 is 141. The van der Waals surface area contributed by atoms with E-state index in [2.05, 4.69) is 69.0 Å². The molecule has 31 nitrogen and oxygen atoms in total. The Morgan fingerprint density at radius 3 is 1.94 bits per heavy atom. The lowest BCUT2D eigenvalue weighted by molar-refractivity contribution is -0.432. The molecular weight excluding hydrogens is 1170 g/mol. The Balaban J connectivity index is 1.27. The molecule has 0 spiro atoms. The lowest BCUT2D eigenvalue weighted by Crippen LogP contribution is -2.15. The summed E-state index contributed by atoms with van der Waals surface area (Å²) in [4.78, 5) is 22.0. The molecule has 0 saturated carbocycles. The van der Waals surface area contributed by atoms with Crippen LogP contribution in [0.3, 0.4) is 0 Å². The van der Waals surface area contributed by atoms with Crippen molar-refractivity contribution in [2.24, 2.45) is 20.5 Å². The molecular formula is C39H32N10O21S7. The molecule has 1 heterocycles. The lowest BCUT2D eigenvalue weighted by Gasteiger charge is -2.14. The number of anilines is 5. The van der Waals surface area contributed by atoms with Gasteiger partial charge >= 0.3 is 16.4 Å². The van der Waals surface area contributed by atoms with Gasteiger partial charge in [-0.2, -0.15) is 40.2 Å². The van der Waals surface area contributed by atoms with E-state index in [9.17, 15) is 57.8 Å². The van der Waals surface area contributed by atoms with Gasteiger partial charge in [-0.15, -0.1) is 29.1 Å². The molecule has 1 aromatic heterocycles. The molecule has 77 heavy (non-hydrogen) atoms. The van der Waals surface area contributed by atoms with Gasteiger partial charge < -0.3 is 26.6 Å². The number of carboxylic acids is 1. The standard InChI is InChI=1S/C39H32N10O21S7/c40-32-31-20(15-28(73-70-68-54)33(35(31)52)48-46-25-11-5-19-3-1-2-4-24(19)36(25)76(60,61)62)16-29(75(57,58)59)34(32)49-47-26-17-22(8-12-27(26)72-69-67-53)42-38-43-37(44-39(45-38)71-18-30(50)51)41-21-6-9-23(10-7-21)74(55,56)14-13-66-77(63,64)65/h1-12,15-17,52-54H,13-14,18,40H2,(H,50,51)(H,57,58,59)(H,60,61,62)(H,63,64,65)(H2,41,42,43,44,45). The van der Waals surface area contributed by atoms with E-state index >= 15 is 0 Å². The zero-order chi connectivity index (χ0) is 55.9. The minimum Gasteiger partial charge on any atom is -0.505 e. The van der Waals surface area contributed by atoms with Crippen molar-refractivity contribution in [3.63, 3.8) is 0 Å². The van der Waals surface area contributed by atoms with Crippen molar-refractivity contribution in [3.05, 3.63) is 91.0 Å². The number of phenolic OH excluding ortho intramolecular Hbond substituents is 1. The Bertz CT molecular complexity index is 3960. The van der Waals surface area contributed by atoms with Crippen LogP contribution in [-0.2, 0) is 68.2 Å². The van der Waals surface area contributed by atoms with Crippen LogP contribution in [0.5, 0.6) is 5.75 Å². The number of nitrogens with zero attached hydrogens (tertiary/aromatic N) is 7. The number of aromatic nitrogens is 3. The number of nitrogens with two attached hydrogens (primary N) is 1. The molecule has 0 radical (unpaired) electrons. The van der Waals surface area contributed by atoms with E-state index in [1.807, 2.05) is 0 Å². The van der Waals surface area contributed by atoms with Crippen molar-refractivity contribution < 1.29 is 95.8 Å². The molecule has 0 amide bonds. The number of carbonyl (C=O) groups is 1. The first-order valence-electron chi connectivity index (χ1n) is 20.3. The molecule has 0 bridgehead atoms. The zero-order valence-electron chi connectivity index (χ0n) is 37.7. The summed E-state index contributed by atoms with van der Waals surface area (Å²) >= 11 is 1.23. The highest BCUT2D eigenvalue weighted by Gasteiger charge is 2.27. The average Bonchev–Trinajstić information content (AvgIpc) is 3.36. The van der Waals surface area contributed by atoms with Crippen LogP contribution in [0.1, 0.15) is 0 Å². The number of nitrogen functional groups attached to an aromatic ring is 1. The summed E-state index contributed by atoms with van der Waals surface area (Å²) in [6.07, 6.45) is 0. The van der Waals surface area contributed by atoms with Crippen molar-refractivity contribution >= 4 is 156 Å². The molecule has 0 saturated heterocycles. The minimum atomic E-state index is -5.28. The third kappa shape index (κ3) is 14.8. The summed E-state index contributed by atoms with van der Waals surface area (Å²) in [6.45, 7) is -0.865. The third-order valence-electron chi connectivity index (χ3n) is 9.74. The van der Waals surface area contributed by atoms with Crippen LogP contribution in [0, 0.1) is 0 Å². The molecule has 406 valence electrons. The monoisotopic (exact) mass is 1200 g/mol. The average molecular weight is 1200 g/mol. The quantitative estimate of drug-likeness (QED) is 0.00522. The number of sulfone groups is 1. The van der Waals surface area contributed by atoms with E-state index < -0.39 is 108 Å². The molecule has 7 rings (SSSR count). The number of rotatable bonds is 24. The number of hydrogen-bond acceptors (Lipinski definition) is 30. The van der Waals surface area contributed by atoms with Crippen molar-refractivity contribution in [2.45, 2.75) is 29.6 Å². The van der Waals surface area contributed by atoms with Gasteiger partial charge in [0.05, 0.1) is 68.0 Å². The van der Waals surface area contributed by atoms with E-state index in [1.165, 1.54) is 54.6 Å². The maximum atomic E-state index is 12.9. The van der Waals surface area contributed by atoms with Crippen LogP contribution < -0.4 is 16.4 Å². The Morgan fingerprint density at radius 2 is 1.30 bits per heavy atom. The van der Waals surface area contributed by atoms with Crippen molar-refractivity contribution in [1.82, 2.24) is 15.0 Å². The zero-order valence-corrected chi connectivity index (χ0v) is 43.4. The fraction of sp³-hybridized carbons (Fsp3) is 0.0769. The van der Waals surface area contributed by atoms with E-state index in [-0.39, 0.29) is 71.6 Å². The minimum absolute atomic E-state index is 0.00972. The Hall–Kier alpha value is -6.83. The summed E-state index contributed by atoms with van der Waals surface area (Å²) in [5.41, 5.74) is 4.08. The number of carboxylic acid groups (broad SMARTS) is 1. The van der Waals surface area contributed by atoms with Crippen LogP contribution in [-0.4, -0.2) is 107 Å². The molecule has 0 atom stereocenters. The van der Waals surface area contributed by atoms with Gasteiger partial charge in [-0.3, -0.25) is 18.5 Å². The fourth-order valence-electron chi connectivity index (χ4n) is 6.64. The van der Waals surface area contributed by atoms with Crippen LogP contribution in [0.25, 0.3) is 21.5 Å². The van der Waals surface area contributed by atoms with Gasteiger partial charge in [0.25, 0.3) is 20.2 Å². The highest BCUT2D eigenvalue weighted by molar-refractivity contribution is 7.99. The molecule has 11 N–H and O–H groups in total. The van der Waals surface area contributed by atoms with Gasteiger partial charge in [-0.1, -0.05) is 52.2 Å². The Labute approximate surface area is 445 Å². The second kappa shape index (κ2) is 24.2. The third-order valence-corrected chi connectivity index (χ3v) is 15.8. The number of hydrogen-bond donors (Lipinski definition) is 10. The number of aromatic hydroxyl groups is 1. The van der Waals surface area contributed by atoms with Gasteiger partial charge in [-0.25, -0.2) is 23.1 Å². The summed E-state index contributed by atoms with van der Waals surface area (Å²) in [5, 5.41) is 67.8. The number of nitrogens with one attached hydrogen (secondary N) is 2. The number of azo groups is 2. The van der Waals surface area contributed by atoms with E-state index in [0.717, 1.165) is 24.3 Å². The number of thioether (sulfide) groups is 1. The first-order chi connectivity index (χ1) is 36.3. The first-order valence-corrected chi connectivity index (χ1v) is 28.7. The van der Waals surface area contributed by atoms with Crippen LogP contribution in [0.2, 0.25) is 0 Å². The number of fused-ring (bicyclic) bond motifs is 2. The predicted octanol–water partition coefficient (Wildman–Crippen LogP) is 7.90. The summed E-state index contributed by atoms with van der Waals surface area (Å²) in [5.74, 6) is -3.89. The van der Waals surface area contributed by atoms with Gasteiger partial charge in [-0.05, 0) is 71.4 Å². The number of benzene rings is 6.